The summed E-state index contributed by atoms with van der Waals surface area (Å²) < 4.78 is 0. The van der Waals surface area contributed by atoms with Gasteiger partial charge < -0.3 is 5.32 Å². The number of rotatable bonds is 6. The molecule has 2 aromatic rings. The first-order chi connectivity index (χ1) is 8.86. The highest BCUT2D eigenvalue weighted by Gasteiger charge is 2.02. The lowest BCUT2D eigenvalue weighted by molar-refractivity contribution is 0.558. The Bertz CT molecular complexity index is 436. The summed E-state index contributed by atoms with van der Waals surface area (Å²) in [4.78, 5) is 0. The van der Waals surface area contributed by atoms with Gasteiger partial charge in [-0.15, -0.1) is 0 Å². The van der Waals surface area contributed by atoms with E-state index in [0.717, 1.165) is 13.0 Å². The Hall–Kier alpha value is -1.60. The van der Waals surface area contributed by atoms with Crippen molar-refractivity contribution >= 4 is 0 Å². The fourth-order valence-corrected chi connectivity index (χ4v) is 2.12. The van der Waals surface area contributed by atoms with E-state index < -0.39 is 0 Å². The van der Waals surface area contributed by atoms with Gasteiger partial charge in [-0.1, -0.05) is 60.7 Å². The molecule has 0 saturated carbocycles. The van der Waals surface area contributed by atoms with Crippen molar-refractivity contribution in [2.75, 3.05) is 6.54 Å². The lowest BCUT2D eigenvalue weighted by Crippen LogP contribution is -2.20. The monoisotopic (exact) mass is 239 g/mol. The maximum Gasteiger partial charge on any atom is 0.0291 e. The number of hydrogen-bond acceptors (Lipinski definition) is 1. The Morgan fingerprint density at radius 1 is 0.889 bits per heavy atom. The summed E-state index contributed by atoms with van der Waals surface area (Å²) in [5, 5.41) is 3.57. The summed E-state index contributed by atoms with van der Waals surface area (Å²) >= 11 is 0. The molecule has 0 aliphatic carbocycles. The molecule has 0 bridgehead atoms. The highest BCUT2D eigenvalue weighted by molar-refractivity contribution is 5.18. The van der Waals surface area contributed by atoms with Gasteiger partial charge in [0, 0.05) is 6.04 Å². The molecule has 1 nitrogen and oxygen atoms in total. The van der Waals surface area contributed by atoms with E-state index in [4.69, 9.17) is 0 Å². The van der Waals surface area contributed by atoms with Crippen LogP contribution in [0.2, 0.25) is 0 Å². The molecule has 1 unspecified atom stereocenters. The standard InChI is InChI=1S/C17H21N/c1-15(17-12-6-3-7-13-17)18-14-8-11-16-9-4-2-5-10-16/h2-7,9-10,12-13,15,18H,8,11,14H2,1H3. The first kappa shape index (κ1) is 12.8. The Kier molecular flexibility index (Phi) is 4.98. The van der Waals surface area contributed by atoms with Gasteiger partial charge in [0.15, 0.2) is 0 Å². The third-order valence-electron chi connectivity index (χ3n) is 3.24. The molecule has 0 spiro atoms. The first-order valence-corrected chi connectivity index (χ1v) is 6.68. The highest BCUT2D eigenvalue weighted by Crippen LogP contribution is 2.11. The van der Waals surface area contributed by atoms with Gasteiger partial charge in [0.2, 0.25) is 0 Å². The van der Waals surface area contributed by atoms with Crippen molar-refractivity contribution in [2.45, 2.75) is 25.8 Å². The lowest BCUT2D eigenvalue weighted by Gasteiger charge is -2.14. The van der Waals surface area contributed by atoms with Crippen molar-refractivity contribution < 1.29 is 0 Å². The van der Waals surface area contributed by atoms with Crippen LogP contribution in [0.4, 0.5) is 0 Å². The van der Waals surface area contributed by atoms with Crippen molar-refractivity contribution in [3.63, 3.8) is 0 Å². The summed E-state index contributed by atoms with van der Waals surface area (Å²) in [7, 11) is 0. The predicted molar refractivity (Wildman–Crippen MR) is 77.6 cm³/mol. The van der Waals surface area contributed by atoms with Crippen LogP contribution in [0.1, 0.15) is 30.5 Å². The molecule has 18 heavy (non-hydrogen) atoms. The van der Waals surface area contributed by atoms with Crippen molar-refractivity contribution in [1.29, 1.82) is 0 Å². The fourth-order valence-electron chi connectivity index (χ4n) is 2.12. The zero-order valence-corrected chi connectivity index (χ0v) is 11.0. The van der Waals surface area contributed by atoms with E-state index in [-0.39, 0.29) is 0 Å². The molecule has 0 radical (unpaired) electrons. The summed E-state index contributed by atoms with van der Waals surface area (Å²) in [6, 6.07) is 21.7. The van der Waals surface area contributed by atoms with Crippen LogP contribution in [0.5, 0.6) is 0 Å². The van der Waals surface area contributed by atoms with E-state index in [9.17, 15) is 0 Å². The molecule has 0 aromatic heterocycles. The van der Waals surface area contributed by atoms with Crippen LogP contribution in [0, 0.1) is 0 Å². The number of benzene rings is 2. The normalized spacial score (nSPS) is 12.3. The summed E-state index contributed by atoms with van der Waals surface area (Å²) in [6.07, 6.45) is 2.33. The second-order valence-corrected chi connectivity index (χ2v) is 4.68. The molecular weight excluding hydrogens is 218 g/mol. The molecule has 0 aliphatic rings. The molecule has 0 amide bonds. The van der Waals surface area contributed by atoms with Gasteiger partial charge in [0.25, 0.3) is 0 Å². The van der Waals surface area contributed by atoms with Gasteiger partial charge in [-0.05, 0) is 37.4 Å². The Morgan fingerprint density at radius 3 is 2.17 bits per heavy atom. The average Bonchev–Trinajstić information content (AvgIpc) is 2.45. The van der Waals surface area contributed by atoms with Crippen molar-refractivity contribution in [1.82, 2.24) is 5.32 Å². The third kappa shape index (κ3) is 4.01. The van der Waals surface area contributed by atoms with Gasteiger partial charge in [-0.2, -0.15) is 0 Å². The number of hydrogen-bond donors (Lipinski definition) is 1. The molecule has 1 N–H and O–H groups in total. The van der Waals surface area contributed by atoms with Crippen molar-refractivity contribution in [3.8, 4) is 0 Å². The molecule has 1 atom stereocenters. The number of nitrogens with one attached hydrogen (secondary N) is 1. The SMILES string of the molecule is CC(NCCCc1ccccc1)c1ccccc1. The molecule has 0 aliphatic heterocycles. The summed E-state index contributed by atoms with van der Waals surface area (Å²) in [5.74, 6) is 0. The van der Waals surface area contributed by atoms with Crippen LogP contribution in [0.25, 0.3) is 0 Å². The van der Waals surface area contributed by atoms with Gasteiger partial charge in [0.05, 0.1) is 0 Å². The second-order valence-electron chi connectivity index (χ2n) is 4.68. The molecule has 0 heterocycles. The Balaban J connectivity index is 1.70. The van der Waals surface area contributed by atoms with E-state index in [1.807, 2.05) is 0 Å². The highest BCUT2D eigenvalue weighted by atomic mass is 14.9. The van der Waals surface area contributed by atoms with Gasteiger partial charge in [-0.3, -0.25) is 0 Å². The second kappa shape index (κ2) is 6.97. The van der Waals surface area contributed by atoms with Gasteiger partial charge in [0.1, 0.15) is 0 Å². The molecule has 0 fully saturated rings. The summed E-state index contributed by atoms with van der Waals surface area (Å²) in [6.45, 7) is 3.28. The van der Waals surface area contributed by atoms with Crippen molar-refractivity contribution in [2.24, 2.45) is 0 Å². The topological polar surface area (TPSA) is 12.0 Å². The zero-order valence-electron chi connectivity index (χ0n) is 11.0. The van der Waals surface area contributed by atoms with Crippen LogP contribution >= 0.6 is 0 Å². The van der Waals surface area contributed by atoms with E-state index >= 15 is 0 Å². The molecule has 0 saturated heterocycles. The largest absolute Gasteiger partial charge is 0.310 e. The van der Waals surface area contributed by atoms with Crippen LogP contribution in [0.15, 0.2) is 60.7 Å². The summed E-state index contributed by atoms with van der Waals surface area (Å²) in [5.41, 5.74) is 2.78. The van der Waals surface area contributed by atoms with Crippen LogP contribution in [0.3, 0.4) is 0 Å². The van der Waals surface area contributed by atoms with Gasteiger partial charge >= 0.3 is 0 Å². The molecule has 1 heteroatoms. The van der Waals surface area contributed by atoms with E-state index in [0.29, 0.717) is 6.04 Å². The lowest BCUT2D eigenvalue weighted by atomic mass is 10.1. The predicted octanol–water partition coefficient (Wildman–Crippen LogP) is 3.97. The van der Waals surface area contributed by atoms with Crippen LogP contribution in [-0.2, 0) is 6.42 Å². The number of aryl methyl sites for hydroxylation is 1. The average molecular weight is 239 g/mol. The quantitative estimate of drug-likeness (QED) is 0.752. The van der Waals surface area contributed by atoms with E-state index in [2.05, 4.69) is 72.9 Å². The van der Waals surface area contributed by atoms with Crippen LogP contribution in [-0.4, -0.2) is 6.54 Å². The Labute approximate surface area is 110 Å². The van der Waals surface area contributed by atoms with E-state index in [1.54, 1.807) is 0 Å². The molecule has 94 valence electrons. The molecule has 2 rings (SSSR count). The maximum absolute atomic E-state index is 3.57. The fraction of sp³-hybridized carbons (Fsp3) is 0.294. The van der Waals surface area contributed by atoms with Gasteiger partial charge in [-0.25, -0.2) is 0 Å². The minimum atomic E-state index is 0.432. The molecular formula is C17H21N. The minimum absolute atomic E-state index is 0.432. The minimum Gasteiger partial charge on any atom is -0.310 e. The van der Waals surface area contributed by atoms with Crippen LogP contribution < -0.4 is 5.32 Å². The molecule has 2 aromatic carbocycles. The van der Waals surface area contributed by atoms with E-state index in [1.165, 1.54) is 17.5 Å². The zero-order chi connectivity index (χ0) is 12.6. The maximum atomic E-state index is 3.57. The Morgan fingerprint density at radius 2 is 1.50 bits per heavy atom. The first-order valence-electron chi connectivity index (χ1n) is 6.68. The smallest absolute Gasteiger partial charge is 0.0291 e. The third-order valence-corrected chi connectivity index (χ3v) is 3.24. The van der Waals surface area contributed by atoms with Crippen molar-refractivity contribution in [3.05, 3.63) is 71.8 Å².